The highest BCUT2D eigenvalue weighted by Crippen LogP contribution is 2.19. The van der Waals surface area contributed by atoms with Gasteiger partial charge in [-0.3, -0.25) is 9.59 Å². The molecule has 2 amide bonds. The molecular formula is C15H23N3O2. The number of amides is 2. The Balaban J connectivity index is 2.31. The van der Waals surface area contributed by atoms with Crippen LogP contribution in [0.15, 0.2) is 24.3 Å². The molecule has 1 unspecified atom stereocenters. The molecule has 0 heterocycles. The van der Waals surface area contributed by atoms with Crippen LogP contribution in [0.1, 0.15) is 38.2 Å². The maximum Gasteiger partial charge on any atom is 0.221 e. The van der Waals surface area contributed by atoms with Crippen LogP contribution < -0.4 is 16.4 Å². The van der Waals surface area contributed by atoms with Crippen LogP contribution in [0.2, 0.25) is 0 Å². The molecule has 5 heteroatoms. The summed E-state index contributed by atoms with van der Waals surface area (Å²) in [5.74, 6) is 0.0399. The number of nitrogen functional groups attached to an aromatic ring is 1. The highest BCUT2D eigenvalue weighted by molar-refractivity contribution is 5.79. The number of benzene rings is 1. The number of hydrogen-bond donors (Lipinski definition) is 3. The van der Waals surface area contributed by atoms with Crippen molar-refractivity contribution in [2.45, 2.75) is 32.6 Å². The maximum absolute atomic E-state index is 11.8. The van der Waals surface area contributed by atoms with Gasteiger partial charge >= 0.3 is 0 Å². The number of carbonyl (C=O) groups excluding carboxylic acids is 2. The van der Waals surface area contributed by atoms with Crippen molar-refractivity contribution in [2.75, 3.05) is 18.8 Å². The number of carbonyl (C=O) groups is 2. The normalized spacial score (nSPS) is 11.7. The molecule has 0 aliphatic carbocycles. The topological polar surface area (TPSA) is 84.2 Å². The third kappa shape index (κ3) is 5.73. The first-order chi connectivity index (χ1) is 9.52. The lowest BCUT2D eigenvalue weighted by Gasteiger charge is -2.12. The van der Waals surface area contributed by atoms with Crippen molar-refractivity contribution in [1.82, 2.24) is 10.6 Å². The first-order valence-corrected chi connectivity index (χ1v) is 6.91. The summed E-state index contributed by atoms with van der Waals surface area (Å²) in [7, 11) is 0. The minimum absolute atomic E-state index is 0.0422. The smallest absolute Gasteiger partial charge is 0.221 e. The Kier molecular flexibility index (Phi) is 6.56. The summed E-state index contributed by atoms with van der Waals surface area (Å²) in [5, 5.41) is 5.45. The Morgan fingerprint density at radius 3 is 2.40 bits per heavy atom. The number of nitrogens with two attached hydrogens (primary N) is 1. The van der Waals surface area contributed by atoms with E-state index in [1.807, 2.05) is 38.1 Å². The van der Waals surface area contributed by atoms with E-state index in [-0.39, 0.29) is 17.7 Å². The van der Waals surface area contributed by atoms with Gasteiger partial charge in [0.2, 0.25) is 11.8 Å². The van der Waals surface area contributed by atoms with Crippen molar-refractivity contribution in [3.63, 3.8) is 0 Å². The van der Waals surface area contributed by atoms with Crippen molar-refractivity contribution in [1.29, 1.82) is 0 Å². The monoisotopic (exact) mass is 277 g/mol. The van der Waals surface area contributed by atoms with Crippen LogP contribution in [-0.4, -0.2) is 24.9 Å². The molecule has 0 radical (unpaired) electrons. The molecule has 20 heavy (non-hydrogen) atoms. The molecule has 1 atom stereocenters. The van der Waals surface area contributed by atoms with Crippen molar-refractivity contribution in [2.24, 2.45) is 0 Å². The van der Waals surface area contributed by atoms with Gasteiger partial charge in [0.05, 0.1) is 0 Å². The number of rotatable bonds is 7. The quantitative estimate of drug-likeness (QED) is 0.659. The molecule has 1 aromatic carbocycles. The second-order valence-corrected chi connectivity index (χ2v) is 4.83. The second kappa shape index (κ2) is 8.19. The Labute approximate surface area is 119 Å². The standard InChI is InChI=1S/C15H23N3O2/c1-3-17-14(19)8-9-18-15(20)10-11(2)12-4-6-13(16)7-5-12/h4-7,11H,3,8-10,16H2,1-2H3,(H,17,19)(H,18,20). The Hall–Kier alpha value is -2.04. The Morgan fingerprint density at radius 1 is 1.15 bits per heavy atom. The Morgan fingerprint density at radius 2 is 1.80 bits per heavy atom. The SMILES string of the molecule is CCNC(=O)CCNC(=O)CC(C)c1ccc(N)cc1. The minimum Gasteiger partial charge on any atom is -0.399 e. The lowest BCUT2D eigenvalue weighted by Crippen LogP contribution is -2.31. The largest absolute Gasteiger partial charge is 0.399 e. The minimum atomic E-state index is -0.0429. The van der Waals surface area contributed by atoms with Gasteiger partial charge in [-0.1, -0.05) is 19.1 Å². The third-order valence-electron chi connectivity index (χ3n) is 3.05. The van der Waals surface area contributed by atoms with Crippen LogP contribution in [0.25, 0.3) is 0 Å². The summed E-state index contributed by atoms with van der Waals surface area (Å²) >= 11 is 0. The van der Waals surface area contributed by atoms with Gasteiger partial charge in [0, 0.05) is 31.6 Å². The van der Waals surface area contributed by atoms with Crippen molar-refractivity contribution in [3.05, 3.63) is 29.8 Å². The summed E-state index contributed by atoms with van der Waals surface area (Å²) in [6.07, 6.45) is 0.717. The number of nitrogens with one attached hydrogen (secondary N) is 2. The van der Waals surface area contributed by atoms with E-state index in [4.69, 9.17) is 5.73 Å². The van der Waals surface area contributed by atoms with Gasteiger partial charge in [0.1, 0.15) is 0 Å². The predicted octanol–water partition coefficient (Wildman–Crippen LogP) is 1.40. The summed E-state index contributed by atoms with van der Waals surface area (Å²) in [6, 6.07) is 7.53. The molecule has 0 fully saturated rings. The van der Waals surface area contributed by atoms with E-state index in [0.29, 0.717) is 31.6 Å². The third-order valence-corrected chi connectivity index (χ3v) is 3.05. The molecule has 0 aliphatic heterocycles. The van der Waals surface area contributed by atoms with Crippen LogP contribution >= 0.6 is 0 Å². The van der Waals surface area contributed by atoms with Crippen LogP contribution in [0, 0.1) is 0 Å². The van der Waals surface area contributed by atoms with Crippen molar-refractivity contribution in [3.8, 4) is 0 Å². The fourth-order valence-electron chi connectivity index (χ4n) is 1.89. The van der Waals surface area contributed by atoms with E-state index in [0.717, 1.165) is 5.56 Å². The van der Waals surface area contributed by atoms with Crippen LogP contribution in [-0.2, 0) is 9.59 Å². The maximum atomic E-state index is 11.8. The summed E-state index contributed by atoms with van der Waals surface area (Å²) in [5.41, 5.74) is 7.43. The molecule has 0 saturated heterocycles. The van der Waals surface area contributed by atoms with Gasteiger partial charge in [-0.2, -0.15) is 0 Å². The van der Waals surface area contributed by atoms with Gasteiger partial charge < -0.3 is 16.4 Å². The van der Waals surface area contributed by atoms with Gasteiger partial charge in [-0.25, -0.2) is 0 Å². The molecular weight excluding hydrogens is 254 g/mol. The van der Waals surface area contributed by atoms with E-state index in [1.54, 1.807) is 0 Å². The van der Waals surface area contributed by atoms with Gasteiger partial charge in [-0.15, -0.1) is 0 Å². The first-order valence-electron chi connectivity index (χ1n) is 6.91. The molecule has 0 aliphatic rings. The molecule has 1 rings (SSSR count). The van der Waals surface area contributed by atoms with Gasteiger partial charge in [0.25, 0.3) is 0 Å². The molecule has 110 valence electrons. The van der Waals surface area contributed by atoms with Crippen LogP contribution in [0.5, 0.6) is 0 Å². The van der Waals surface area contributed by atoms with E-state index in [1.165, 1.54) is 0 Å². The summed E-state index contributed by atoms with van der Waals surface area (Å²) < 4.78 is 0. The van der Waals surface area contributed by atoms with Crippen molar-refractivity contribution >= 4 is 17.5 Å². The van der Waals surface area contributed by atoms with E-state index in [9.17, 15) is 9.59 Å². The number of anilines is 1. The zero-order valence-corrected chi connectivity index (χ0v) is 12.1. The molecule has 1 aromatic rings. The molecule has 4 N–H and O–H groups in total. The number of hydrogen-bond acceptors (Lipinski definition) is 3. The van der Waals surface area contributed by atoms with Crippen LogP contribution in [0.3, 0.4) is 0 Å². The fraction of sp³-hybridized carbons (Fsp3) is 0.467. The summed E-state index contributed by atoms with van der Waals surface area (Å²) in [4.78, 5) is 23.0. The zero-order chi connectivity index (χ0) is 15.0. The van der Waals surface area contributed by atoms with Crippen LogP contribution in [0.4, 0.5) is 5.69 Å². The van der Waals surface area contributed by atoms with E-state index >= 15 is 0 Å². The molecule has 0 bridgehead atoms. The van der Waals surface area contributed by atoms with Gasteiger partial charge in [-0.05, 0) is 30.5 Å². The van der Waals surface area contributed by atoms with E-state index < -0.39 is 0 Å². The fourth-order valence-corrected chi connectivity index (χ4v) is 1.89. The lowest BCUT2D eigenvalue weighted by atomic mass is 9.97. The summed E-state index contributed by atoms with van der Waals surface area (Å²) in [6.45, 7) is 4.85. The zero-order valence-electron chi connectivity index (χ0n) is 12.1. The average Bonchev–Trinajstić information content (AvgIpc) is 2.39. The molecule has 0 saturated carbocycles. The molecule has 5 nitrogen and oxygen atoms in total. The molecule has 0 aromatic heterocycles. The van der Waals surface area contributed by atoms with Crippen molar-refractivity contribution < 1.29 is 9.59 Å². The average molecular weight is 277 g/mol. The highest BCUT2D eigenvalue weighted by atomic mass is 16.2. The van der Waals surface area contributed by atoms with Gasteiger partial charge in [0.15, 0.2) is 0 Å². The van der Waals surface area contributed by atoms with E-state index in [2.05, 4.69) is 10.6 Å². The highest BCUT2D eigenvalue weighted by Gasteiger charge is 2.11. The first kappa shape index (κ1) is 16.0. The lowest BCUT2D eigenvalue weighted by molar-refractivity contribution is -0.122. The molecule has 0 spiro atoms. The second-order valence-electron chi connectivity index (χ2n) is 4.83. The predicted molar refractivity (Wildman–Crippen MR) is 80.2 cm³/mol. The Bertz CT molecular complexity index is 443.